The topological polar surface area (TPSA) is 29.4 Å². The van der Waals surface area contributed by atoms with Crippen molar-refractivity contribution in [2.24, 2.45) is 4.99 Å². The van der Waals surface area contributed by atoms with Crippen LogP contribution < -0.4 is 0 Å². The van der Waals surface area contributed by atoms with Crippen LogP contribution in [0.2, 0.25) is 0 Å². The van der Waals surface area contributed by atoms with Gasteiger partial charge in [-0.25, -0.2) is 0 Å². The Morgan fingerprint density at radius 1 is 1.21 bits per heavy atom. The van der Waals surface area contributed by atoms with Gasteiger partial charge >= 0.3 is 0 Å². The lowest BCUT2D eigenvalue weighted by Gasteiger charge is -2.19. The summed E-state index contributed by atoms with van der Waals surface area (Å²) in [6, 6.07) is 0. The smallest absolute Gasteiger partial charge is 0.195 e. The molecular weight excluding hydrogens is 233 g/mol. The molecule has 0 N–H and O–H groups in total. The maximum Gasteiger partial charge on any atom is 0.195 e. The predicted molar refractivity (Wildman–Crippen MR) is 83.6 cm³/mol. The largest absolute Gasteiger partial charge is 0.297 e. The van der Waals surface area contributed by atoms with Crippen molar-refractivity contribution in [2.45, 2.75) is 6.92 Å². The van der Waals surface area contributed by atoms with Crippen molar-refractivity contribution in [2.75, 3.05) is 7.05 Å². The van der Waals surface area contributed by atoms with Crippen molar-refractivity contribution < 1.29 is 4.79 Å². The Morgan fingerprint density at radius 3 is 2.42 bits per heavy atom. The average Bonchev–Trinajstić information content (AvgIpc) is 2.39. The highest BCUT2D eigenvalue weighted by Crippen LogP contribution is 2.25. The molecule has 0 aromatic rings. The Morgan fingerprint density at radius 2 is 1.89 bits per heavy atom. The Bertz CT molecular complexity index is 545. The van der Waals surface area contributed by atoms with Gasteiger partial charge < -0.3 is 0 Å². The van der Waals surface area contributed by atoms with E-state index in [1.165, 1.54) is 0 Å². The zero-order valence-corrected chi connectivity index (χ0v) is 11.4. The van der Waals surface area contributed by atoms with Crippen LogP contribution in [0.25, 0.3) is 0 Å². The fourth-order valence-corrected chi connectivity index (χ4v) is 1.87. The van der Waals surface area contributed by atoms with E-state index in [1.54, 1.807) is 37.6 Å². The molecule has 0 saturated heterocycles. The van der Waals surface area contributed by atoms with Crippen molar-refractivity contribution in [3.05, 3.63) is 71.7 Å². The minimum atomic E-state index is -0.0245. The number of carbonyl (C=O) groups excluding carboxylic acids is 1. The molecule has 95 valence electrons. The maximum absolute atomic E-state index is 12.5. The lowest BCUT2D eigenvalue weighted by Crippen LogP contribution is -2.22. The van der Waals surface area contributed by atoms with Gasteiger partial charge in [-0.05, 0) is 6.92 Å². The zero-order chi connectivity index (χ0) is 14.3. The summed E-state index contributed by atoms with van der Waals surface area (Å²) in [5, 5.41) is 0. The Balaban J connectivity index is 3.48. The van der Waals surface area contributed by atoms with Gasteiger partial charge in [0.05, 0.1) is 0 Å². The number of nitrogens with zero attached hydrogens (tertiary/aromatic N) is 1. The van der Waals surface area contributed by atoms with Crippen LogP contribution in [0.15, 0.2) is 76.7 Å². The molecule has 2 nitrogen and oxygen atoms in total. The highest BCUT2D eigenvalue weighted by atomic mass is 16.1. The van der Waals surface area contributed by atoms with Crippen LogP contribution in [0, 0.1) is 0 Å². The highest BCUT2D eigenvalue weighted by molar-refractivity contribution is 6.65. The highest BCUT2D eigenvalue weighted by Gasteiger charge is 2.26. The Kier molecular flexibility index (Phi) is 5.74. The van der Waals surface area contributed by atoms with Gasteiger partial charge in [0.1, 0.15) is 0 Å². The monoisotopic (exact) mass is 250 g/mol. The van der Waals surface area contributed by atoms with Gasteiger partial charge in [0.2, 0.25) is 0 Å². The molecule has 0 aromatic carbocycles. The summed E-state index contributed by atoms with van der Waals surface area (Å²) in [5.74, 6) is -0.0245. The van der Waals surface area contributed by atoms with E-state index in [0.717, 1.165) is 10.9 Å². The number of hydrogen-bond acceptors (Lipinski definition) is 2. The van der Waals surface area contributed by atoms with E-state index in [0.29, 0.717) is 11.1 Å². The first-order valence-corrected chi connectivity index (χ1v) is 6.04. The summed E-state index contributed by atoms with van der Waals surface area (Å²) in [4.78, 5) is 16.5. The van der Waals surface area contributed by atoms with E-state index in [-0.39, 0.29) is 5.78 Å². The molecule has 0 bridgehead atoms. The van der Waals surface area contributed by atoms with Gasteiger partial charge in [-0.1, -0.05) is 60.6 Å². The number of allylic oxidation sites excluding steroid dienone is 10. The standard InChI is InChI=1S/C16H17BNO/c1-5-8-12-14(10-7-3)17-15(11-18-4)13(9-6-2)16(12)19/h5-11H,1,3H2,2,4H3/b9-6-,12-8+,14-10+,18-11?. The van der Waals surface area contributed by atoms with Gasteiger partial charge in [-0.15, -0.1) is 0 Å². The quantitative estimate of drug-likeness (QED) is 0.428. The molecular formula is C16H17BNO. The molecule has 0 amide bonds. The molecule has 1 radical (unpaired) electrons. The second-order valence-electron chi connectivity index (χ2n) is 3.90. The molecule has 0 aromatic heterocycles. The Hall–Kier alpha value is -2.16. The van der Waals surface area contributed by atoms with E-state index in [1.807, 2.05) is 26.4 Å². The molecule has 0 fully saturated rings. The molecule has 0 spiro atoms. The van der Waals surface area contributed by atoms with Crippen molar-refractivity contribution >= 4 is 19.3 Å². The van der Waals surface area contributed by atoms with E-state index in [4.69, 9.17) is 0 Å². The van der Waals surface area contributed by atoms with E-state index in [9.17, 15) is 4.79 Å². The van der Waals surface area contributed by atoms with Gasteiger partial charge in [0.15, 0.2) is 13.1 Å². The predicted octanol–water partition coefficient (Wildman–Crippen LogP) is 2.99. The van der Waals surface area contributed by atoms with E-state index < -0.39 is 0 Å². The minimum absolute atomic E-state index is 0.0245. The number of hydrogen-bond donors (Lipinski definition) is 0. The number of Topliss-reactive ketones (excluding diaryl/α,β-unsaturated/α-hetero) is 1. The van der Waals surface area contributed by atoms with Crippen LogP contribution in [0.5, 0.6) is 0 Å². The number of rotatable bonds is 4. The lowest BCUT2D eigenvalue weighted by molar-refractivity contribution is -0.111. The third-order valence-electron chi connectivity index (χ3n) is 2.61. The van der Waals surface area contributed by atoms with Crippen molar-refractivity contribution in [3.8, 4) is 0 Å². The van der Waals surface area contributed by atoms with Crippen LogP contribution in [0.3, 0.4) is 0 Å². The van der Waals surface area contributed by atoms with Gasteiger partial charge in [-0.3, -0.25) is 9.79 Å². The molecule has 0 atom stereocenters. The minimum Gasteiger partial charge on any atom is -0.297 e. The van der Waals surface area contributed by atoms with Crippen molar-refractivity contribution in [1.82, 2.24) is 0 Å². The third-order valence-corrected chi connectivity index (χ3v) is 2.61. The molecule has 19 heavy (non-hydrogen) atoms. The molecule has 0 unspecified atom stereocenters. The normalized spacial score (nSPS) is 20.6. The van der Waals surface area contributed by atoms with Crippen LogP contribution in [0.4, 0.5) is 0 Å². The molecule has 0 aliphatic carbocycles. The molecule has 1 heterocycles. The number of ketones is 1. The first-order chi connectivity index (χ1) is 9.19. The summed E-state index contributed by atoms with van der Waals surface area (Å²) < 4.78 is 0. The van der Waals surface area contributed by atoms with E-state index >= 15 is 0 Å². The maximum atomic E-state index is 12.5. The van der Waals surface area contributed by atoms with Gasteiger partial charge in [-0.2, -0.15) is 0 Å². The van der Waals surface area contributed by atoms with Crippen LogP contribution in [-0.4, -0.2) is 26.3 Å². The summed E-state index contributed by atoms with van der Waals surface area (Å²) >= 11 is 0. The molecule has 1 aliphatic rings. The molecule has 0 saturated carbocycles. The summed E-state index contributed by atoms with van der Waals surface area (Å²) in [6.07, 6.45) is 12.1. The summed E-state index contributed by atoms with van der Waals surface area (Å²) in [6.45, 7) is 9.21. The second-order valence-corrected chi connectivity index (χ2v) is 3.90. The molecule has 1 aliphatic heterocycles. The van der Waals surface area contributed by atoms with Crippen LogP contribution in [-0.2, 0) is 4.79 Å². The van der Waals surface area contributed by atoms with Crippen LogP contribution >= 0.6 is 0 Å². The SMILES string of the molecule is C=C/C=C1/[B]C(C=NC)=C(/C=C\C)C(=O)/C1=C/C=C. The zero-order valence-electron chi connectivity index (χ0n) is 11.4. The first kappa shape index (κ1) is 14.9. The van der Waals surface area contributed by atoms with Crippen molar-refractivity contribution in [3.63, 3.8) is 0 Å². The first-order valence-electron chi connectivity index (χ1n) is 6.04. The summed E-state index contributed by atoms with van der Waals surface area (Å²) in [5.41, 5.74) is 2.89. The average molecular weight is 250 g/mol. The fraction of sp³-hybridized carbons (Fsp3) is 0.125. The van der Waals surface area contributed by atoms with Crippen LogP contribution in [0.1, 0.15) is 6.92 Å². The lowest BCUT2D eigenvalue weighted by atomic mass is 9.54. The second kappa shape index (κ2) is 7.32. The summed E-state index contributed by atoms with van der Waals surface area (Å²) in [7, 11) is 3.62. The number of aliphatic imine (C=N–C) groups is 1. The van der Waals surface area contributed by atoms with Crippen molar-refractivity contribution in [1.29, 1.82) is 0 Å². The third kappa shape index (κ3) is 3.41. The molecule has 3 heteroatoms. The number of carbonyl (C=O) groups is 1. The Labute approximate surface area is 115 Å². The molecule has 1 rings (SSSR count). The van der Waals surface area contributed by atoms with Gasteiger partial charge in [0.25, 0.3) is 0 Å². The van der Waals surface area contributed by atoms with E-state index in [2.05, 4.69) is 18.2 Å². The van der Waals surface area contributed by atoms with Gasteiger partial charge in [0, 0.05) is 24.4 Å². The fourth-order valence-electron chi connectivity index (χ4n) is 1.87.